The van der Waals surface area contributed by atoms with Gasteiger partial charge in [-0.1, -0.05) is 24.3 Å². The summed E-state index contributed by atoms with van der Waals surface area (Å²) in [5.41, 5.74) is 9.39. The maximum absolute atomic E-state index is 11.7. The van der Waals surface area contributed by atoms with Crippen LogP contribution < -0.4 is 21.3 Å². The van der Waals surface area contributed by atoms with Crippen LogP contribution >= 0.6 is 46.4 Å². The summed E-state index contributed by atoms with van der Waals surface area (Å²) in [6.07, 6.45) is 4.09. The Kier molecular flexibility index (Phi) is 33.9. The lowest BCUT2D eigenvalue weighted by Gasteiger charge is -2.23. The van der Waals surface area contributed by atoms with Crippen LogP contribution in [-0.4, -0.2) is 147 Å². The zero-order valence-corrected chi connectivity index (χ0v) is 38.6. The summed E-state index contributed by atoms with van der Waals surface area (Å²) in [4.78, 5) is 26.5. The van der Waals surface area contributed by atoms with Crippen molar-refractivity contribution in [3.8, 4) is 0 Å². The highest BCUT2D eigenvalue weighted by atomic mass is 35.5. The Labute approximate surface area is 361 Å². The largest absolute Gasteiger partial charge is 0.480 e. The monoisotopic (exact) mass is 925 g/mol. The van der Waals surface area contributed by atoms with Gasteiger partial charge in [0, 0.05) is 67.0 Å². The van der Waals surface area contributed by atoms with Crippen LogP contribution in [0.15, 0.2) is 48.5 Å². The molecule has 2 aromatic rings. The topological polar surface area (TPSA) is 198 Å². The summed E-state index contributed by atoms with van der Waals surface area (Å²) in [7, 11) is -2.86. The molecule has 0 saturated heterocycles. The molecule has 0 unspecified atom stereocenters. The number of amides is 1. The Morgan fingerprint density at radius 3 is 1.58 bits per heavy atom. The van der Waals surface area contributed by atoms with Crippen molar-refractivity contribution in [1.82, 2.24) is 15.5 Å². The smallest absolute Gasteiger partial charge is 0.320 e. The number of benzene rings is 2. The number of nitrogens with zero attached hydrogens (tertiary/aromatic N) is 2. The molecule has 1 atom stereocenters. The number of aliphatic carboxylic acids is 1. The van der Waals surface area contributed by atoms with E-state index >= 15 is 0 Å². The van der Waals surface area contributed by atoms with E-state index in [9.17, 15) is 26.4 Å². The molecule has 2 aromatic carbocycles. The number of carboxylic acid groups (broad SMARTS) is 1. The number of hydrogen-bond donors (Lipinski definition) is 4. The summed E-state index contributed by atoms with van der Waals surface area (Å²) >= 11 is 22.4. The number of likely N-dealkylation sites (N-methyl/N-ethyl adjacent to an activating group) is 1. The molecule has 57 heavy (non-hydrogen) atoms. The number of hydrogen-bond acceptors (Lipinski definition) is 12. The van der Waals surface area contributed by atoms with Crippen molar-refractivity contribution in [2.45, 2.75) is 51.6 Å². The molecule has 0 aliphatic rings. The Morgan fingerprint density at radius 1 is 0.772 bits per heavy atom. The second kappa shape index (κ2) is 33.8. The van der Waals surface area contributed by atoms with Crippen LogP contribution in [0.5, 0.6) is 0 Å². The number of unbranched alkanes of at least 4 members (excludes halogenated alkanes) is 1. The number of carbonyl (C=O) groups excluding carboxylic acids is 1. The first-order chi connectivity index (χ1) is 26.7. The summed E-state index contributed by atoms with van der Waals surface area (Å²) < 4.78 is 50.8. The second-order valence-electron chi connectivity index (χ2n) is 12.8. The minimum absolute atomic E-state index is 0.00448. The molecule has 1 amide bonds. The standard InChI is InChI=1S/C13H18Cl2N2O2.C13H20N2O.C6H14O6S2.C5H11Cl2N/c14-5-7-17(8-6-15)11-3-1-10(2-4-11)9-12(16)13(18)19;1-10(2)15-13(16)12-6-4-11(5-7-12)8-9-14-3;1-13(7,8)11-5-3-4-6-12-14(2,9)10;1-8(4-2-6)5-3-7/h1-4,12H,5-9,16H2,(H,18,19);4-7,10,14H,8-9H2,1-3H3,(H,15,16);3-6H2,1-2H3;2-5H2,1H3/t12-;;;/m0.../s1. The molecular formula is C37H63Cl4N5O9S2. The number of anilines is 1. The fraction of sp³-hybridized carbons (Fsp3) is 0.622. The molecule has 0 spiro atoms. The number of nitrogens with one attached hydrogen (secondary N) is 2. The lowest BCUT2D eigenvalue weighted by atomic mass is 10.1. The fourth-order valence-electron chi connectivity index (χ4n) is 4.22. The summed E-state index contributed by atoms with van der Waals surface area (Å²) in [6, 6.07) is 14.7. The summed E-state index contributed by atoms with van der Waals surface area (Å²) in [5, 5.41) is 14.7. The van der Waals surface area contributed by atoms with Crippen molar-refractivity contribution in [2.75, 3.05) is 101 Å². The van der Waals surface area contributed by atoms with Crippen LogP contribution in [0.25, 0.3) is 0 Å². The van der Waals surface area contributed by atoms with Gasteiger partial charge in [0.15, 0.2) is 0 Å². The van der Waals surface area contributed by atoms with Crippen LogP contribution in [0.3, 0.4) is 0 Å². The van der Waals surface area contributed by atoms with Gasteiger partial charge in [0.2, 0.25) is 0 Å². The van der Waals surface area contributed by atoms with Gasteiger partial charge in [0.25, 0.3) is 26.1 Å². The highest BCUT2D eigenvalue weighted by Gasteiger charge is 2.13. The number of alkyl halides is 4. The van der Waals surface area contributed by atoms with Crippen molar-refractivity contribution < 1.29 is 39.9 Å². The van der Waals surface area contributed by atoms with Crippen molar-refractivity contribution in [1.29, 1.82) is 0 Å². The highest BCUT2D eigenvalue weighted by molar-refractivity contribution is 7.86. The number of carbonyl (C=O) groups is 2. The van der Waals surface area contributed by atoms with Gasteiger partial charge in [0.05, 0.1) is 25.7 Å². The zero-order chi connectivity index (χ0) is 43.9. The van der Waals surface area contributed by atoms with E-state index in [4.69, 9.17) is 57.2 Å². The molecule has 0 aromatic heterocycles. The predicted molar refractivity (Wildman–Crippen MR) is 236 cm³/mol. The first kappa shape index (κ1) is 57.1. The van der Waals surface area contributed by atoms with Gasteiger partial charge < -0.3 is 31.3 Å². The van der Waals surface area contributed by atoms with Gasteiger partial charge in [-0.05, 0) is 95.6 Å². The highest BCUT2D eigenvalue weighted by Crippen LogP contribution is 2.16. The molecule has 0 aliphatic carbocycles. The molecule has 0 radical (unpaired) electrons. The van der Waals surface area contributed by atoms with Crippen LogP contribution in [0.1, 0.15) is 48.2 Å². The third-order valence-electron chi connectivity index (χ3n) is 7.15. The molecular weight excluding hydrogens is 864 g/mol. The number of carboxylic acids is 1. The Bertz CT molecular complexity index is 1510. The Hall–Kier alpha value is -1.96. The molecule has 330 valence electrons. The molecule has 0 bridgehead atoms. The first-order valence-corrected chi connectivity index (χ1v) is 24.0. The Morgan fingerprint density at radius 2 is 1.21 bits per heavy atom. The average Bonchev–Trinajstić information content (AvgIpc) is 3.12. The van der Waals surface area contributed by atoms with Crippen LogP contribution in [0, 0.1) is 0 Å². The SMILES string of the molecule is CN(CCCl)CCCl.CNCCc1ccc(C(=O)NC(C)C)cc1.CS(=O)(=O)OCCCCOS(C)(=O)=O.N[C@@H](Cc1ccc(N(CCCl)CCCl)cc1)C(=O)O. The van der Waals surface area contributed by atoms with Gasteiger partial charge in [-0.3, -0.25) is 18.0 Å². The van der Waals surface area contributed by atoms with Gasteiger partial charge in [-0.2, -0.15) is 16.8 Å². The van der Waals surface area contributed by atoms with E-state index in [0.717, 1.165) is 68.5 Å². The van der Waals surface area contributed by atoms with Crippen molar-refractivity contribution in [2.24, 2.45) is 5.73 Å². The quantitative estimate of drug-likeness (QED) is 0.0647. The Balaban J connectivity index is 0. The second-order valence-corrected chi connectivity index (χ2v) is 17.6. The van der Waals surface area contributed by atoms with Crippen molar-refractivity contribution in [3.63, 3.8) is 0 Å². The molecule has 14 nitrogen and oxygen atoms in total. The number of nitrogens with two attached hydrogens (primary N) is 1. The molecule has 2 rings (SSSR count). The van der Waals surface area contributed by atoms with E-state index in [0.29, 0.717) is 42.8 Å². The predicted octanol–water partition coefficient (Wildman–Crippen LogP) is 4.63. The minimum Gasteiger partial charge on any atom is -0.480 e. The van der Waals surface area contributed by atoms with Crippen molar-refractivity contribution >= 4 is 84.2 Å². The number of rotatable bonds is 24. The van der Waals surface area contributed by atoms with Gasteiger partial charge in [0.1, 0.15) is 6.04 Å². The number of halogens is 4. The summed E-state index contributed by atoms with van der Waals surface area (Å²) in [6.45, 7) is 8.26. The maximum atomic E-state index is 11.7. The summed E-state index contributed by atoms with van der Waals surface area (Å²) in [5.74, 6) is 1.44. The fourth-order valence-corrected chi connectivity index (χ4v) is 6.05. The molecule has 0 saturated carbocycles. The normalized spacial score (nSPS) is 11.7. The van der Waals surface area contributed by atoms with E-state index in [1.54, 1.807) is 0 Å². The van der Waals surface area contributed by atoms with E-state index in [-0.39, 0.29) is 25.2 Å². The maximum Gasteiger partial charge on any atom is 0.320 e. The van der Waals surface area contributed by atoms with Crippen LogP contribution in [0.2, 0.25) is 0 Å². The molecule has 0 fully saturated rings. The van der Waals surface area contributed by atoms with Gasteiger partial charge in [-0.15, -0.1) is 46.4 Å². The van der Waals surface area contributed by atoms with Crippen LogP contribution in [-0.2, 0) is 46.2 Å². The van der Waals surface area contributed by atoms with E-state index in [1.807, 2.05) is 76.5 Å². The minimum atomic E-state index is -3.40. The van der Waals surface area contributed by atoms with Gasteiger partial charge >= 0.3 is 5.97 Å². The third-order valence-corrected chi connectivity index (χ3v) is 9.01. The van der Waals surface area contributed by atoms with Crippen LogP contribution in [0.4, 0.5) is 5.69 Å². The van der Waals surface area contributed by atoms with E-state index in [1.165, 1.54) is 5.56 Å². The lowest BCUT2D eigenvalue weighted by Crippen LogP contribution is -2.32. The van der Waals surface area contributed by atoms with Gasteiger partial charge in [-0.25, -0.2) is 0 Å². The lowest BCUT2D eigenvalue weighted by molar-refractivity contribution is -0.138. The molecule has 0 heterocycles. The molecule has 0 aliphatic heterocycles. The van der Waals surface area contributed by atoms with E-state index in [2.05, 4.69) is 28.8 Å². The average molecular weight is 928 g/mol. The third kappa shape index (κ3) is 34.6. The first-order valence-electron chi connectivity index (χ1n) is 18.2. The molecule has 5 N–H and O–H groups in total. The van der Waals surface area contributed by atoms with E-state index < -0.39 is 32.2 Å². The van der Waals surface area contributed by atoms with Crippen molar-refractivity contribution in [3.05, 3.63) is 65.2 Å². The molecule has 20 heteroatoms. The zero-order valence-electron chi connectivity index (χ0n) is 33.9.